The lowest BCUT2D eigenvalue weighted by atomic mass is 9.75. The third-order valence-electron chi connectivity index (χ3n) is 7.09. The molecule has 1 saturated heterocycles. The first kappa shape index (κ1) is 24.6. The summed E-state index contributed by atoms with van der Waals surface area (Å²) in [5, 5.41) is 5.99. The lowest BCUT2D eigenvalue weighted by Crippen LogP contribution is -2.52. The number of pyridine rings is 1. The van der Waals surface area contributed by atoms with E-state index >= 15 is 0 Å². The van der Waals surface area contributed by atoms with Crippen molar-refractivity contribution in [1.82, 2.24) is 20.5 Å². The second kappa shape index (κ2) is 10.3. The summed E-state index contributed by atoms with van der Waals surface area (Å²) in [7, 11) is 0. The third kappa shape index (κ3) is 5.67. The van der Waals surface area contributed by atoms with E-state index in [-0.39, 0.29) is 28.2 Å². The Hall–Kier alpha value is -1.99. The van der Waals surface area contributed by atoms with Gasteiger partial charge in [-0.25, -0.2) is 4.79 Å². The molecule has 2 aromatic heterocycles. The van der Waals surface area contributed by atoms with Crippen molar-refractivity contribution in [3.63, 3.8) is 0 Å². The van der Waals surface area contributed by atoms with Crippen LogP contribution >= 0.6 is 11.3 Å². The van der Waals surface area contributed by atoms with E-state index in [9.17, 15) is 9.18 Å². The van der Waals surface area contributed by atoms with Gasteiger partial charge in [-0.15, -0.1) is 11.3 Å². The summed E-state index contributed by atoms with van der Waals surface area (Å²) in [6, 6.07) is 7.54. The largest absolute Gasteiger partial charge is 0.338 e. The molecule has 7 heteroatoms. The minimum Gasteiger partial charge on any atom is -0.338 e. The highest BCUT2D eigenvalue weighted by Gasteiger charge is 2.47. The van der Waals surface area contributed by atoms with E-state index in [1.54, 1.807) is 6.07 Å². The third-order valence-corrected chi connectivity index (χ3v) is 8.03. The van der Waals surface area contributed by atoms with Gasteiger partial charge in [-0.3, -0.25) is 9.88 Å². The summed E-state index contributed by atoms with van der Waals surface area (Å²) in [6.45, 7) is 13.1. The molecule has 5 nitrogen and oxygen atoms in total. The number of aryl methyl sites for hydroxylation is 2. The highest BCUT2D eigenvalue weighted by Crippen LogP contribution is 2.44. The summed E-state index contributed by atoms with van der Waals surface area (Å²) in [4.78, 5) is 20.5. The Bertz CT molecular complexity index is 898. The first-order chi connectivity index (χ1) is 15.2. The average Bonchev–Trinajstić information content (AvgIpc) is 3.38. The van der Waals surface area contributed by atoms with Crippen LogP contribution in [-0.2, 0) is 12.0 Å². The number of hydrogen-bond acceptors (Lipinski definition) is 4. The molecule has 176 valence electrons. The lowest BCUT2D eigenvalue weighted by molar-refractivity contribution is 0.113. The van der Waals surface area contributed by atoms with E-state index in [0.717, 1.165) is 49.3 Å². The van der Waals surface area contributed by atoms with Crippen molar-refractivity contribution in [2.75, 3.05) is 19.6 Å². The number of urea groups is 1. The molecule has 0 aromatic carbocycles. The second-order valence-corrected chi connectivity index (χ2v) is 10.7. The zero-order chi connectivity index (χ0) is 23.4. The number of carbonyl (C=O) groups excluding carboxylic acids is 1. The van der Waals surface area contributed by atoms with E-state index in [1.807, 2.05) is 26.1 Å². The minimum absolute atomic E-state index is 0.00103. The summed E-state index contributed by atoms with van der Waals surface area (Å²) in [5.41, 5.74) is 1.96. The van der Waals surface area contributed by atoms with Gasteiger partial charge in [0, 0.05) is 46.9 Å². The number of rotatable bonds is 9. The number of aromatic nitrogens is 1. The van der Waals surface area contributed by atoms with Crippen molar-refractivity contribution in [1.29, 1.82) is 0 Å². The van der Waals surface area contributed by atoms with Crippen LogP contribution in [0.2, 0.25) is 0 Å². The fourth-order valence-corrected chi connectivity index (χ4v) is 5.38. The highest BCUT2D eigenvalue weighted by atomic mass is 32.1. The van der Waals surface area contributed by atoms with Crippen molar-refractivity contribution >= 4 is 17.4 Å². The summed E-state index contributed by atoms with van der Waals surface area (Å²) < 4.78 is 13.5. The number of likely N-dealkylation sites (tertiary alicyclic amines) is 1. The minimum atomic E-state index is -0.165. The van der Waals surface area contributed by atoms with Crippen molar-refractivity contribution < 1.29 is 9.18 Å². The lowest BCUT2D eigenvalue weighted by Gasteiger charge is -2.40. The van der Waals surface area contributed by atoms with E-state index in [4.69, 9.17) is 0 Å². The zero-order valence-electron chi connectivity index (χ0n) is 20.0. The fraction of sp³-hybridized carbons (Fsp3) is 0.600. The quantitative estimate of drug-likeness (QED) is 0.537. The highest BCUT2D eigenvalue weighted by molar-refractivity contribution is 7.10. The van der Waals surface area contributed by atoms with Gasteiger partial charge in [-0.2, -0.15) is 4.39 Å². The Morgan fingerprint density at radius 2 is 2.12 bits per heavy atom. The average molecular weight is 461 g/mol. The zero-order valence-corrected chi connectivity index (χ0v) is 20.8. The topological polar surface area (TPSA) is 57.3 Å². The van der Waals surface area contributed by atoms with E-state index in [1.165, 1.54) is 16.9 Å². The molecule has 2 N–H and O–H groups in total. The molecule has 1 aliphatic heterocycles. The molecule has 0 aliphatic carbocycles. The number of amides is 2. The van der Waals surface area contributed by atoms with Gasteiger partial charge < -0.3 is 10.6 Å². The maximum absolute atomic E-state index is 13.5. The summed E-state index contributed by atoms with van der Waals surface area (Å²) in [5.74, 6) is 0. The Morgan fingerprint density at radius 3 is 2.75 bits per heavy atom. The number of halogens is 1. The molecule has 3 heterocycles. The molecular weight excluding hydrogens is 423 g/mol. The van der Waals surface area contributed by atoms with Gasteiger partial charge in [0.15, 0.2) is 5.13 Å². The molecule has 0 spiro atoms. The van der Waals surface area contributed by atoms with Crippen molar-refractivity contribution in [3.05, 3.63) is 51.7 Å². The molecule has 2 aromatic rings. The van der Waals surface area contributed by atoms with Gasteiger partial charge in [-0.1, -0.05) is 13.0 Å². The van der Waals surface area contributed by atoms with Crippen LogP contribution in [0.25, 0.3) is 0 Å². The normalized spacial score (nSPS) is 20.3. The van der Waals surface area contributed by atoms with Crippen LogP contribution in [0.1, 0.15) is 63.1 Å². The summed E-state index contributed by atoms with van der Waals surface area (Å²) in [6.07, 6.45) is 5.59. The first-order valence-electron chi connectivity index (χ1n) is 11.6. The van der Waals surface area contributed by atoms with Gasteiger partial charge in [-0.05, 0) is 83.7 Å². The van der Waals surface area contributed by atoms with Crippen molar-refractivity contribution in [2.24, 2.45) is 5.41 Å². The standard InChI is InChI=1S/C25H37FN4OS/c1-6-14-27-23(31)29-19(3)25(12-11-21-9-10-22(26)32-21)13-15-30(17-25)24(4,5)20-8-7-18(2)28-16-20/h7-10,16,19H,6,11-15,17H2,1-5H3,(H2,27,29,31)/t19-,25?/m0/s1. The van der Waals surface area contributed by atoms with E-state index < -0.39 is 0 Å². The smallest absolute Gasteiger partial charge is 0.315 e. The fourth-order valence-electron chi connectivity index (χ4n) is 4.66. The molecule has 3 rings (SSSR count). The van der Waals surface area contributed by atoms with Crippen LogP contribution in [0.3, 0.4) is 0 Å². The predicted octanol–water partition coefficient (Wildman–Crippen LogP) is 5.25. The van der Waals surface area contributed by atoms with E-state index in [2.05, 4.69) is 53.4 Å². The van der Waals surface area contributed by atoms with Crippen LogP contribution in [-0.4, -0.2) is 41.6 Å². The van der Waals surface area contributed by atoms with Crippen molar-refractivity contribution in [2.45, 2.75) is 71.9 Å². The molecule has 1 unspecified atom stereocenters. The Labute approximate surface area is 195 Å². The number of carbonyl (C=O) groups is 1. The number of thiophene rings is 1. The van der Waals surface area contributed by atoms with Crippen LogP contribution in [0.4, 0.5) is 9.18 Å². The monoisotopic (exact) mass is 460 g/mol. The second-order valence-electron chi connectivity index (χ2n) is 9.61. The van der Waals surface area contributed by atoms with Gasteiger partial charge in [0.05, 0.1) is 0 Å². The molecule has 2 amide bonds. The predicted molar refractivity (Wildman–Crippen MR) is 130 cm³/mol. The van der Waals surface area contributed by atoms with Crippen molar-refractivity contribution in [3.8, 4) is 0 Å². The number of hydrogen-bond donors (Lipinski definition) is 2. The summed E-state index contributed by atoms with van der Waals surface area (Å²) >= 11 is 1.22. The SMILES string of the molecule is CCCNC(=O)N[C@@H](C)C1(CCc2ccc(F)s2)CCN(C(C)(C)c2ccc(C)nc2)C1. The maximum Gasteiger partial charge on any atom is 0.315 e. The van der Waals surface area contributed by atoms with Gasteiger partial charge in [0.2, 0.25) is 0 Å². The Kier molecular flexibility index (Phi) is 7.93. The van der Waals surface area contributed by atoms with Crippen LogP contribution < -0.4 is 10.6 Å². The van der Waals surface area contributed by atoms with E-state index in [0.29, 0.717) is 6.54 Å². The molecule has 0 bridgehead atoms. The van der Waals surface area contributed by atoms with Gasteiger partial charge in [0.1, 0.15) is 0 Å². The maximum atomic E-state index is 13.5. The molecule has 1 aliphatic rings. The number of nitrogens with zero attached hydrogens (tertiary/aromatic N) is 2. The molecule has 1 fully saturated rings. The molecule has 2 atom stereocenters. The van der Waals surface area contributed by atoms with Crippen LogP contribution in [0, 0.1) is 17.5 Å². The molecule has 0 saturated carbocycles. The molecule has 32 heavy (non-hydrogen) atoms. The van der Waals surface area contributed by atoms with Gasteiger partial charge in [0.25, 0.3) is 0 Å². The number of nitrogens with one attached hydrogen (secondary N) is 2. The first-order valence-corrected chi connectivity index (χ1v) is 12.4. The Morgan fingerprint density at radius 1 is 1.34 bits per heavy atom. The Balaban J connectivity index is 1.79. The molecular formula is C25H37FN4OS. The van der Waals surface area contributed by atoms with Gasteiger partial charge >= 0.3 is 6.03 Å². The molecule has 0 radical (unpaired) electrons. The van der Waals surface area contributed by atoms with Crippen LogP contribution in [0.5, 0.6) is 0 Å². The van der Waals surface area contributed by atoms with Crippen LogP contribution in [0.15, 0.2) is 30.5 Å².